The van der Waals surface area contributed by atoms with Crippen molar-refractivity contribution >= 4 is 33.4 Å². The van der Waals surface area contributed by atoms with Gasteiger partial charge in [0.15, 0.2) is 5.78 Å². The molecule has 0 saturated carbocycles. The molecule has 0 aliphatic heterocycles. The Balaban J connectivity index is 1.80. The third kappa shape index (κ3) is 6.11. The lowest BCUT2D eigenvalue weighted by Gasteiger charge is -2.18. The van der Waals surface area contributed by atoms with Gasteiger partial charge in [-0.2, -0.15) is 0 Å². The van der Waals surface area contributed by atoms with Crippen LogP contribution in [0, 0.1) is 0 Å². The summed E-state index contributed by atoms with van der Waals surface area (Å²) in [6.45, 7) is 5.38. The molecule has 0 heterocycles. The van der Waals surface area contributed by atoms with Crippen molar-refractivity contribution in [2.75, 3.05) is 13.6 Å². The van der Waals surface area contributed by atoms with Crippen molar-refractivity contribution in [1.29, 1.82) is 0 Å². The average Bonchev–Trinajstić information content (AvgIpc) is 2.74. The lowest BCUT2D eigenvalue weighted by atomic mass is 9.95. The normalized spacial score (nSPS) is 11.5. The molecule has 0 unspecified atom stereocenters. The summed E-state index contributed by atoms with van der Waals surface area (Å²) < 4.78 is 1.01. The molecule has 0 aliphatic carbocycles. The highest BCUT2D eigenvalue weighted by Gasteiger charge is 2.17. The number of likely N-dealkylation sites (N-methyl/N-ethyl adjacent to an activating group) is 1. The van der Waals surface area contributed by atoms with Crippen LogP contribution in [0.4, 0.5) is 0 Å². The van der Waals surface area contributed by atoms with Crippen LogP contribution in [0.15, 0.2) is 102 Å². The molecule has 0 atom stereocenters. The molecule has 0 aliphatic rings. The lowest BCUT2D eigenvalue weighted by molar-refractivity contribution is -0.110. The zero-order valence-electron chi connectivity index (χ0n) is 16.5. The number of rotatable bonds is 8. The van der Waals surface area contributed by atoms with Gasteiger partial charge in [0, 0.05) is 28.7 Å². The van der Waals surface area contributed by atoms with Gasteiger partial charge in [0.2, 0.25) is 0 Å². The number of hydrogen-bond acceptors (Lipinski definition) is 2. The van der Waals surface area contributed by atoms with Gasteiger partial charge in [-0.1, -0.05) is 95.3 Å². The number of hydrogen-bond donors (Lipinski definition) is 0. The van der Waals surface area contributed by atoms with E-state index in [2.05, 4.69) is 39.5 Å². The van der Waals surface area contributed by atoms with E-state index >= 15 is 0 Å². The van der Waals surface area contributed by atoms with E-state index in [0.717, 1.165) is 22.1 Å². The minimum Gasteiger partial charge on any atom is -0.298 e. The number of carbonyl (C=O) groups is 1. The first-order valence-electron chi connectivity index (χ1n) is 9.50. The van der Waals surface area contributed by atoms with Gasteiger partial charge in [0.25, 0.3) is 0 Å². The second-order valence-electron chi connectivity index (χ2n) is 7.07. The number of carbonyl (C=O) groups excluding carboxylic acids is 1. The summed E-state index contributed by atoms with van der Waals surface area (Å²) in [5, 5.41) is 0. The molecule has 0 amide bonds. The number of Topliss-reactive ketones (excluding diaryl/α,β-unsaturated/α-hetero) is 1. The Hall–Kier alpha value is -2.75. The highest BCUT2D eigenvalue weighted by molar-refractivity contribution is 9.10. The SMILES string of the molecule is C=C(CN(C)Cc1ccccc1)C(=O)/C(=C/c1ccc(Br)cc1)c1ccccc1. The van der Waals surface area contributed by atoms with Crippen LogP contribution in [0.5, 0.6) is 0 Å². The molecule has 3 aromatic carbocycles. The van der Waals surface area contributed by atoms with E-state index < -0.39 is 0 Å². The van der Waals surface area contributed by atoms with Crippen LogP contribution in [0.2, 0.25) is 0 Å². The molecular formula is C26H24BrNO. The summed E-state index contributed by atoms with van der Waals surface area (Å²) in [6.07, 6.45) is 1.94. The molecule has 3 heteroatoms. The van der Waals surface area contributed by atoms with Crippen molar-refractivity contribution in [3.8, 4) is 0 Å². The fourth-order valence-electron chi connectivity index (χ4n) is 3.16. The summed E-state index contributed by atoms with van der Waals surface area (Å²) in [6, 6.07) is 27.9. The predicted molar refractivity (Wildman–Crippen MR) is 125 cm³/mol. The number of halogens is 1. The quantitative estimate of drug-likeness (QED) is 0.301. The predicted octanol–water partition coefficient (Wildman–Crippen LogP) is 6.25. The molecule has 0 aromatic heterocycles. The monoisotopic (exact) mass is 445 g/mol. The average molecular weight is 446 g/mol. The van der Waals surface area contributed by atoms with E-state index in [-0.39, 0.29) is 5.78 Å². The molecular weight excluding hydrogens is 422 g/mol. The topological polar surface area (TPSA) is 20.3 Å². The maximum atomic E-state index is 13.3. The first kappa shape index (κ1) is 21.0. The minimum atomic E-state index is -0.0287. The van der Waals surface area contributed by atoms with E-state index in [1.54, 1.807) is 0 Å². The number of benzene rings is 3. The smallest absolute Gasteiger partial charge is 0.190 e. The van der Waals surface area contributed by atoms with E-state index in [0.29, 0.717) is 17.7 Å². The molecule has 3 aromatic rings. The molecule has 0 radical (unpaired) electrons. The summed E-state index contributed by atoms with van der Waals surface area (Å²) >= 11 is 3.46. The van der Waals surface area contributed by atoms with Crippen LogP contribution in [0.3, 0.4) is 0 Å². The van der Waals surface area contributed by atoms with Crippen LogP contribution < -0.4 is 0 Å². The van der Waals surface area contributed by atoms with E-state index in [4.69, 9.17) is 0 Å². The van der Waals surface area contributed by atoms with Crippen molar-refractivity contribution < 1.29 is 4.79 Å². The Bertz CT molecular complexity index is 992. The summed E-state index contributed by atoms with van der Waals surface area (Å²) in [4.78, 5) is 15.4. The van der Waals surface area contributed by atoms with Crippen LogP contribution in [-0.4, -0.2) is 24.3 Å². The summed E-state index contributed by atoms with van der Waals surface area (Å²) in [5.41, 5.74) is 4.32. The Morgan fingerprint density at radius 1 is 0.931 bits per heavy atom. The van der Waals surface area contributed by atoms with Crippen LogP contribution >= 0.6 is 15.9 Å². The fourth-order valence-corrected chi connectivity index (χ4v) is 3.43. The second-order valence-corrected chi connectivity index (χ2v) is 7.98. The van der Waals surface area contributed by atoms with Crippen molar-refractivity contribution in [3.05, 3.63) is 118 Å². The highest BCUT2D eigenvalue weighted by atomic mass is 79.9. The Kier molecular flexibility index (Phi) is 7.34. The largest absolute Gasteiger partial charge is 0.298 e. The van der Waals surface area contributed by atoms with Crippen molar-refractivity contribution in [1.82, 2.24) is 4.90 Å². The van der Waals surface area contributed by atoms with Gasteiger partial charge >= 0.3 is 0 Å². The molecule has 0 bridgehead atoms. The second kappa shape index (κ2) is 10.1. The van der Waals surface area contributed by atoms with Gasteiger partial charge in [0.1, 0.15) is 0 Å². The molecule has 146 valence electrons. The van der Waals surface area contributed by atoms with Gasteiger partial charge in [-0.25, -0.2) is 0 Å². The van der Waals surface area contributed by atoms with Crippen LogP contribution in [0.1, 0.15) is 16.7 Å². The lowest BCUT2D eigenvalue weighted by Crippen LogP contribution is -2.23. The van der Waals surface area contributed by atoms with E-state index in [1.165, 1.54) is 5.56 Å². The molecule has 2 nitrogen and oxygen atoms in total. The first-order chi connectivity index (χ1) is 14.0. The fraction of sp³-hybridized carbons (Fsp3) is 0.115. The van der Waals surface area contributed by atoms with Crippen molar-refractivity contribution in [3.63, 3.8) is 0 Å². The molecule has 0 saturated heterocycles. The molecule has 0 spiro atoms. The maximum Gasteiger partial charge on any atom is 0.190 e. The van der Waals surface area contributed by atoms with Crippen molar-refractivity contribution in [2.24, 2.45) is 0 Å². The van der Waals surface area contributed by atoms with Crippen LogP contribution in [-0.2, 0) is 11.3 Å². The Morgan fingerprint density at radius 2 is 1.52 bits per heavy atom. The summed E-state index contributed by atoms with van der Waals surface area (Å²) in [5.74, 6) is -0.0287. The standard InChI is InChI=1S/C26H24BrNO/c1-20(18-28(2)19-22-9-5-3-6-10-22)26(29)25(23-11-7-4-8-12-23)17-21-13-15-24(27)16-14-21/h3-17H,1,18-19H2,2H3/b25-17+. The number of nitrogens with zero attached hydrogens (tertiary/aromatic N) is 1. The number of allylic oxidation sites excluding steroid dienone is 1. The zero-order chi connectivity index (χ0) is 20.6. The van der Waals surface area contributed by atoms with Gasteiger partial charge in [-0.05, 0) is 41.9 Å². The van der Waals surface area contributed by atoms with E-state index in [1.807, 2.05) is 85.9 Å². The molecule has 0 fully saturated rings. The van der Waals surface area contributed by atoms with Gasteiger partial charge in [-0.3, -0.25) is 9.69 Å². The Morgan fingerprint density at radius 3 is 2.14 bits per heavy atom. The van der Waals surface area contributed by atoms with Crippen LogP contribution in [0.25, 0.3) is 11.6 Å². The van der Waals surface area contributed by atoms with Crippen molar-refractivity contribution in [2.45, 2.75) is 6.54 Å². The van der Waals surface area contributed by atoms with E-state index in [9.17, 15) is 4.79 Å². The molecule has 0 N–H and O–H groups in total. The maximum absolute atomic E-state index is 13.3. The first-order valence-corrected chi connectivity index (χ1v) is 10.3. The van der Waals surface area contributed by atoms with Gasteiger partial charge in [0.05, 0.1) is 0 Å². The Labute approximate surface area is 181 Å². The molecule has 29 heavy (non-hydrogen) atoms. The third-order valence-corrected chi connectivity index (χ3v) is 5.12. The zero-order valence-corrected chi connectivity index (χ0v) is 18.1. The third-order valence-electron chi connectivity index (χ3n) is 4.59. The summed E-state index contributed by atoms with van der Waals surface area (Å²) in [7, 11) is 2.01. The van der Waals surface area contributed by atoms with Gasteiger partial charge in [-0.15, -0.1) is 0 Å². The highest BCUT2D eigenvalue weighted by Crippen LogP contribution is 2.23. The molecule has 3 rings (SSSR count). The number of ketones is 1. The van der Waals surface area contributed by atoms with Gasteiger partial charge < -0.3 is 0 Å². The minimum absolute atomic E-state index is 0.0287.